The number of hydrogen-bond donors (Lipinski definition) is 0. The summed E-state index contributed by atoms with van der Waals surface area (Å²) in [6, 6.07) is 4.86. The maximum atomic E-state index is 13.9. The van der Waals surface area contributed by atoms with E-state index in [1.165, 1.54) is 6.42 Å². The lowest BCUT2D eigenvalue weighted by molar-refractivity contribution is 0.0666. The fraction of sp³-hybridized carbons (Fsp3) is 0.500. The van der Waals surface area contributed by atoms with Crippen LogP contribution in [0.3, 0.4) is 0 Å². The molecular formula is C14H17BrFNO. The molecule has 0 N–H and O–H groups in total. The van der Waals surface area contributed by atoms with Gasteiger partial charge in [0.25, 0.3) is 5.91 Å². The topological polar surface area (TPSA) is 20.3 Å². The molecule has 1 aliphatic heterocycles. The Morgan fingerprint density at radius 1 is 1.56 bits per heavy atom. The fourth-order valence-corrected chi connectivity index (χ4v) is 2.79. The van der Waals surface area contributed by atoms with Crippen LogP contribution in [-0.4, -0.2) is 23.9 Å². The van der Waals surface area contributed by atoms with Gasteiger partial charge < -0.3 is 4.90 Å². The quantitative estimate of drug-likeness (QED) is 0.812. The van der Waals surface area contributed by atoms with E-state index in [0.717, 1.165) is 25.9 Å². The van der Waals surface area contributed by atoms with Gasteiger partial charge in [-0.15, -0.1) is 0 Å². The molecule has 1 fully saturated rings. The summed E-state index contributed by atoms with van der Waals surface area (Å²) in [5.41, 5.74) is 0.168. The van der Waals surface area contributed by atoms with Gasteiger partial charge in [0.15, 0.2) is 0 Å². The third-order valence-electron chi connectivity index (χ3n) is 3.57. The molecule has 98 valence electrons. The van der Waals surface area contributed by atoms with Gasteiger partial charge in [-0.1, -0.05) is 19.4 Å². The van der Waals surface area contributed by atoms with Crippen molar-refractivity contribution in [3.63, 3.8) is 0 Å². The molecule has 4 heteroatoms. The largest absolute Gasteiger partial charge is 0.338 e. The molecule has 18 heavy (non-hydrogen) atoms. The summed E-state index contributed by atoms with van der Waals surface area (Å²) in [5, 5.41) is 0. The summed E-state index contributed by atoms with van der Waals surface area (Å²) in [5.74, 6) is -0.0917. The van der Waals surface area contributed by atoms with E-state index in [4.69, 9.17) is 0 Å². The second-order valence-electron chi connectivity index (χ2n) is 4.77. The van der Waals surface area contributed by atoms with Crippen LogP contribution in [0, 0.1) is 11.7 Å². The van der Waals surface area contributed by atoms with E-state index in [0.29, 0.717) is 10.4 Å². The van der Waals surface area contributed by atoms with Gasteiger partial charge in [-0.05, 0) is 46.8 Å². The van der Waals surface area contributed by atoms with Crippen molar-refractivity contribution >= 4 is 21.8 Å². The molecule has 2 rings (SSSR count). The van der Waals surface area contributed by atoms with Gasteiger partial charge in [-0.25, -0.2) is 4.39 Å². The highest BCUT2D eigenvalue weighted by atomic mass is 79.9. The van der Waals surface area contributed by atoms with Crippen LogP contribution in [0.4, 0.5) is 4.39 Å². The molecule has 1 aromatic rings. The normalized spacial score (nSPS) is 19.9. The minimum atomic E-state index is -0.457. The fourth-order valence-electron chi connectivity index (χ4n) is 2.42. The smallest absolute Gasteiger partial charge is 0.256 e. The lowest BCUT2D eigenvalue weighted by Gasteiger charge is -2.32. The zero-order valence-electron chi connectivity index (χ0n) is 10.5. The van der Waals surface area contributed by atoms with Crippen molar-refractivity contribution in [3.05, 3.63) is 34.1 Å². The van der Waals surface area contributed by atoms with Gasteiger partial charge in [0.2, 0.25) is 0 Å². The molecule has 1 heterocycles. The average Bonchev–Trinajstić information content (AvgIpc) is 2.41. The van der Waals surface area contributed by atoms with Gasteiger partial charge in [-0.2, -0.15) is 0 Å². The summed E-state index contributed by atoms with van der Waals surface area (Å²) in [4.78, 5) is 14.1. The SMILES string of the molecule is CCC1CCCN(C(=O)c2cccc(Br)c2F)C1. The van der Waals surface area contributed by atoms with E-state index < -0.39 is 5.82 Å². The van der Waals surface area contributed by atoms with Crippen LogP contribution in [0.2, 0.25) is 0 Å². The molecule has 1 unspecified atom stereocenters. The summed E-state index contributed by atoms with van der Waals surface area (Å²) < 4.78 is 14.2. The Bertz CT molecular complexity index is 449. The minimum Gasteiger partial charge on any atom is -0.338 e. The molecule has 1 amide bonds. The van der Waals surface area contributed by atoms with E-state index in [1.54, 1.807) is 23.1 Å². The van der Waals surface area contributed by atoms with Crippen LogP contribution in [-0.2, 0) is 0 Å². The van der Waals surface area contributed by atoms with Gasteiger partial charge in [0.05, 0.1) is 10.0 Å². The van der Waals surface area contributed by atoms with E-state index in [2.05, 4.69) is 22.9 Å². The molecule has 0 spiro atoms. The Labute approximate surface area is 115 Å². The zero-order chi connectivity index (χ0) is 13.1. The highest BCUT2D eigenvalue weighted by Crippen LogP contribution is 2.24. The molecule has 0 aromatic heterocycles. The van der Waals surface area contributed by atoms with E-state index in [9.17, 15) is 9.18 Å². The van der Waals surface area contributed by atoms with E-state index in [1.807, 2.05) is 0 Å². The first-order chi connectivity index (χ1) is 8.63. The number of hydrogen-bond acceptors (Lipinski definition) is 1. The van der Waals surface area contributed by atoms with Crippen molar-refractivity contribution in [1.82, 2.24) is 4.90 Å². The summed E-state index contributed by atoms with van der Waals surface area (Å²) >= 11 is 3.12. The van der Waals surface area contributed by atoms with Crippen molar-refractivity contribution in [2.24, 2.45) is 5.92 Å². The maximum Gasteiger partial charge on any atom is 0.256 e. The molecule has 1 saturated heterocycles. The molecule has 0 bridgehead atoms. The number of benzene rings is 1. The van der Waals surface area contributed by atoms with Crippen molar-refractivity contribution in [3.8, 4) is 0 Å². The number of amides is 1. The number of likely N-dealkylation sites (tertiary alicyclic amines) is 1. The standard InChI is InChI=1S/C14H17BrFNO/c1-2-10-5-4-8-17(9-10)14(18)11-6-3-7-12(15)13(11)16/h3,6-7,10H,2,4-5,8-9H2,1H3. The number of rotatable bonds is 2. The minimum absolute atomic E-state index is 0.168. The Morgan fingerprint density at radius 2 is 2.33 bits per heavy atom. The Kier molecular flexibility index (Phi) is 4.38. The number of carbonyl (C=O) groups is 1. The summed E-state index contributed by atoms with van der Waals surface area (Å²) in [6.07, 6.45) is 3.26. The maximum absolute atomic E-state index is 13.9. The van der Waals surface area contributed by atoms with Gasteiger partial charge in [-0.3, -0.25) is 4.79 Å². The van der Waals surface area contributed by atoms with Gasteiger partial charge in [0, 0.05) is 13.1 Å². The highest BCUT2D eigenvalue weighted by Gasteiger charge is 2.25. The van der Waals surface area contributed by atoms with Crippen molar-refractivity contribution in [2.75, 3.05) is 13.1 Å². The van der Waals surface area contributed by atoms with Crippen molar-refractivity contribution in [1.29, 1.82) is 0 Å². The number of halogens is 2. The molecule has 1 atom stereocenters. The monoisotopic (exact) mass is 313 g/mol. The lowest BCUT2D eigenvalue weighted by atomic mass is 9.95. The van der Waals surface area contributed by atoms with Crippen LogP contribution in [0.25, 0.3) is 0 Å². The highest BCUT2D eigenvalue weighted by molar-refractivity contribution is 9.10. The van der Waals surface area contributed by atoms with Crippen LogP contribution in [0.5, 0.6) is 0 Å². The Hall–Kier alpha value is -0.900. The molecule has 0 saturated carbocycles. The summed E-state index contributed by atoms with van der Waals surface area (Å²) in [6.45, 7) is 3.63. The first kappa shape index (κ1) is 13.5. The molecule has 1 aromatic carbocycles. The molecule has 2 nitrogen and oxygen atoms in total. The summed E-state index contributed by atoms with van der Waals surface area (Å²) in [7, 11) is 0. The Balaban J connectivity index is 2.18. The molecule has 1 aliphatic rings. The lowest BCUT2D eigenvalue weighted by Crippen LogP contribution is -2.40. The van der Waals surface area contributed by atoms with E-state index >= 15 is 0 Å². The number of carbonyl (C=O) groups excluding carboxylic acids is 1. The first-order valence-electron chi connectivity index (χ1n) is 6.36. The van der Waals surface area contributed by atoms with Crippen LogP contribution in [0.15, 0.2) is 22.7 Å². The van der Waals surface area contributed by atoms with E-state index in [-0.39, 0.29) is 11.5 Å². The number of piperidine rings is 1. The van der Waals surface area contributed by atoms with Crippen LogP contribution < -0.4 is 0 Å². The third kappa shape index (κ3) is 2.74. The average molecular weight is 314 g/mol. The second kappa shape index (κ2) is 5.83. The molecule has 0 aliphatic carbocycles. The number of nitrogens with zero attached hydrogens (tertiary/aromatic N) is 1. The van der Waals surface area contributed by atoms with Crippen molar-refractivity contribution in [2.45, 2.75) is 26.2 Å². The van der Waals surface area contributed by atoms with Gasteiger partial charge in [0.1, 0.15) is 5.82 Å². The zero-order valence-corrected chi connectivity index (χ0v) is 12.0. The predicted molar refractivity (Wildman–Crippen MR) is 73.0 cm³/mol. The Morgan fingerprint density at radius 3 is 3.06 bits per heavy atom. The van der Waals surface area contributed by atoms with Crippen LogP contribution in [0.1, 0.15) is 36.5 Å². The van der Waals surface area contributed by atoms with Crippen molar-refractivity contribution < 1.29 is 9.18 Å². The third-order valence-corrected chi connectivity index (χ3v) is 4.18. The predicted octanol–water partition coefficient (Wildman–Crippen LogP) is 3.85. The first-order valence-corrected chi connectivity index (χ1v) is 7.16. The molecular weight excluding hydrogens is 297 g/mol. The van der Waals surface area contributed by atoms with Gasteiger partial charge >= 0.3 is 0 Å². The van der Waals surface area contributed by atoms with Crippen LogP contribution >= 0.6 is 15.9 Å². The second-order valence-corrected chi connectivity index (χ2v) is 5.62. The molecule has 0 radical (unpaired) electrons.